The van der Waals surface area contributed by atoms with Crippen LogP contribution in [0.4, 0.5) is 5.69 Å². The van der Waals surface area contributed by atoms with Crippen LogP contribution in [0.25, 0.3) is 0 Å². The molecule has 0 radical (unpaired) electrons. The molecule has 106 valence electrons. The number of benzene rings is 1. The molecule has 0 atom stereocenters. The Hall–Kier alpha value is -2.10. The molecule has 1 aliphatic carbocycles. The van der Waals surface area contributed by atoms with Gasteiger partial charge in [0.15, 0.2) is 0 Å². The van der Waals surface area contributed by atoms with Gasteiger partial charge in [-0.3, -0.25) is 9.59 Å². The number of nitrogens with zero attached hydrogens (tertiary/aromatic N) is 1. The van der Waals surface area contributed by atoms with Crippen molar-refractivity contribution >= 4 is 17.5 Å². The lowest BCUT2D eigenvalue weighted by molar-refractivity contribution is -0.135. The summed E-state index contributed by atoms with van der Waals surface area (Å²) in [5.74, 6) is -0.287. The molecule has 1 aliphatic rings. The third-order valence-corrected chi connectivity index (χ3v) is 3.63. The SMILES string of the molecule is C=CCNC(=O)C1(C(=O)N(CC)c2ccccc2)CC1. The minimum absolute atomic E-state index is 0.104. The molecule has 0 aliphatic heterocycles. The first-order chi connectivity index (χ1) is 9.65. The van der Waals surface area contributed by atoms with E-state index < -0.39 is 5.41 Å². The molecule has 1 N–H and O–H groups in total. The average molecular weight is 272 g/mol. The summed E-state index contributed by atoms with van der Waals surface area (Å²) >= 11 is 0. The predicted octanol–water partition coefficient (Wildman–Crippen LogP) is 2.12. The Morgan fingerprint density at radius 2 is 2.00 bits per heavy atom. The van der Waals surface area contributed by atoms with Gasteiger partial charge in [0.1, 0.15) is 5.41 Å². The zero-order valence-electron chi connectivity index (χ0n) is 11.8. The number of hydrogen-bond donors (Lipinski definition) is 1. The second kappa shape index (κ2) is 5.90. The van der Waals surface area contributed by atoms with Gasteiger partial charge in [0.05, 0.1) is 0 Å². The van der Waals surface area contributed by atoms with Gasteiger partial charge >= 0.3 is 0 Å². The van der Waals surface area contributed by atoms with Crippen LogP contribution in [0.3, 0.4) is 0 Å². The Balaban J connectivity index is 2.17. The molecule has 2 rings (SSSR count). The van der Waals surface area contributed by atoms with Crippen molar-refractivity contribution in [1.82, 2.24) is 5.32 Å². The Kier molecular flexibility index (Phi) is 4.23. The second-order valence-corrected chi connectivity index (χ2v) is 4.97. The third-order valence-electron chi connectivity index (χ3n) is 3.63. The minimum atomic E-state index is -0.866. The van der Waals surface area contributed by atoms with Crippen LogP contribution in [0.15, 0.2) is 43.0 Å². The van der Waals surface area contributed by atoms with E-state index in [1.807, 2.05) is 37.3 Å². The second-order valence-electron chi connectivity index (χ2n) is 4.97. The van der Waals surface area contributed by atoms with Gasteiger partial charge < -0.3 is 10.2 Å². The molecular formula is C16H20N2O2. The van der Waals surface area contributed by atoms with E-state index in [0.29, 0.717) is 25.9 Å². The highest BCUT2D eigenvalue weighted by molar-refractivity contribution is 6.14. The smallest absolute Gasteiger partial charge is 0.242 e. The van der Waals surface area contributed by atoms with E-state index in [2.05, 4.69) is 11.9 Å². The lowest BCUT2D eigenvalue weighted by atomic mass is 10.0. The van der Waals surface area contributed by atoms with E-state index in [9.17, 15) is 9.59 Å². The van der Waals surface area contributed by atoms with Crippen molar-refractivity contribution in [2.75, 3.05) is 18.0 Å². The number of amides is 2. The molecule has 2 amide bonds. The van der Waals surface area contributed by atoms with Crippen LogP contribution in [0.5, 0.6) is 0 Å². The van der Waals surface area contributed by atoms with Crippen LogP contribution in [-0.4, -0.2) is 24.9 Å². The first kappa shape index (κ1) is 14.3. The van der Waals surface area contributed by atoms with Crippen molar-refractivity contribution in [3.05, 3.63) is 43.0 Å². The van der Waals surface area contributed by atoms with Crippen molar-refractivity contribution in [2.24, 2.45) is 5.41 Å². The summed E-state index contributed by atoms with van der Waals surface area (Å²) in [6, 6.07) is 9.47. The highest BCUT2D eigenvalue weighted by Crippen LogP contribution is 2.48. The maximum atomic E-state index is 12.7. The van der Waals surface area contributed by atoms with Crippen molar-refractivity contribution in [3.8, 4) is 0 Å². The standard InChI is InChI=1S/C16H20N2O2/c1-3-12-17-14(19)16(10-11-16)15(20)18(4-2)13-8-6-5-7-9-13/h3,5-9H,1,4,10-12H2,2H3,(H,17,19). The van der Waals surface area contributed by atoms with Crippen LogP contribution < -0.4 is 10.2 Å². The summed E-state index contributed by atoms with van der Waals surface area (Å²) in [5, 5.41) is 2.74. The number of carbonyl (C=O) groups excluding carboxylic acids is 2. The van der Waals surface area contributed by atoms with E-state index in [0.717, 1.165) is 5.69 Å². The molecule has 1 aromatic carbocycles. The van der Waals surface area contributed by atoms with Gasteiger partial charge in [0, 0.05) is 18.8 Å². The quantitative estimate of drug-likeness (QED) is 0.637. The molecule has 0 saturated heterocycles. The summed E-state index contributed by atoms with van der Waals surface area (Å²) in [7, 11) is 0. The van der Waals surface area contributed by atoms with Gasteiger partial charge in [-0.15, -0.1) is 6.58 Å². The molecule has 0 unspecified atom stereocenters. The van der Waals surface area contributed by atoms with Gasteiger partial charge in [-0.1, -0.05) is 24.3 Å². The lowest BCUT2D eigenvalue weighted by Gasteiger charge is -2.25. The summed E-state index contributed by atoms with van der Waals surface area (Å²) < 4.78 is 0. The largest absolute Gasteiger partial charge is 0.352 e. The van der Waals surface area contributed by atoms with E-state index in [4.69, 9.17) is 0 Å². The highest BCUT2D eigenvalue weighted by Gasteiger charge is 2.57. The molecule has 4 heteroatoms. The maximum Gasteiger partial charge on any atom is 0.242 e. The Labute approximate surface area is 119 Å². The van der Waals surface area contributed by atoms with Crippen molar-refractivity contribution in [1.29, 1.82) is 0 Å². The van der Waals surface area contributed by atoms with Crippen LogP contribution in [0.2, 0.25) is 0 Å². The molecule has 4 nitrogen and oxygen atoms in total. The fourth-order valence-electron chi connectivity index (χ4n) is 2.31. The van der Waals surface area contributed by atoms with E-state index >= 15 is 0 Å². The third kappa shape index (κ3) is 2.59. The minimum Gasteiger partial charge on any atom is -0.352 e. The number of para-hydroxylation sites is 1. The molecule has 1 fully saturated rings. The fraction of sp³-hybridized carbons (Fsp3) is 0.375. The van der Waals surface area contributed by atoms with E-state index in [1.54, 1.807) is 11.0 Å². The van der Waals surface area contributed by atoms with Crippen LogP contribution >= 0.6 is 0 Å². The zero-order valence-corrected chi connectivity index (χ0v) is 11.8. The number of hydrogen-bond acceptors (Lipinski definition) is 2. The summed E-state index contributed by atoms with van der Waals surface area (Å²) in [6.07, 6.45) is 2.86. The molecule has 0 spiro atoms. The van der Waals surface area contributed by atoms with Gasteiger partial charge in [-0.25, -0.2) is 0 Å². The lowest BCUT2D eigenvalue weighted by Crippen LogP contribution is -2.45. The maximum absolute atomic E-state index is 12.7. The first-order valence-electron chi connectivity index (χ1n) is 6.92. The molecular weight excluding hydrogens is 252 g/mol. The summed E-state index contributed by atoms with van der Waals surface area (Å²) in [5.41, 5.74) is -0.0303. The molecule has 1 saturated carbocycles. The van der Waals surface area contributed by atoms with Crippen LogP contribution in [-0.2, 0) is 9.59 Å². The number of nitrogens with one attached hydrogen (secondary N) is 1. The van der Waals surface area contributed by atoms with Gasteiger partial charge in [-0.05, 0) is 31.9 Å². The van der Waals surface area contributed by atoms with Gasteiger partial charge in [0.2, 0.25) is 11.8 Å². The molecule has 0 heterocycles. The molecule has 20 heavy (non-hydrogen) atoms. The van der Waals surface area contributed by atoms with Crippen LogP contribution in [0, 0.1) is 5.41 Å². The highest BCUT2D eigenvalue weighted by atomic mass is 16.2. The number of rotatable bonds is 6. The fourth-order valence-corrected chi connectivity index (χ4v) is 2.31. The monoisotopic (exact) mass is 272 g/mol. The molecule has 1 aromatic rings. The summed E-state index contributed by atoms with van der Waals surface area (Å²) in [4.78, 5) is 26.6. The van der Waals surface area contributed by atoms with Crippen LogP contribution in [0.1, 0.15) is 19.8 Å². The van der Waals surface area contributed by atoms with E-state index in [1.165, 1.54) is 0 Å². The number of carbonyl (C=O) groups is 2. The number of anilines is 1. The topological polar surface area (TPSA) is 49.4 Å². The summed E-state index contributed by atoms with van der Waals surface area (Å²) in [6.45, 7) is 6.44. The Bertz CT molecular complexity index is 506. The van der Waals surface area contributed by atoms with E-state index in [-0.39, 0.29) is 11.8 Å². The molecule has 0 bridgehead atoms. The Morgan fingerprint density at radius 3 is 2.50 bits per heavy atom. The van der Waals surface area contributed by atoms with Gasteiger partial charge in [0.25, 0.3) is 0 Å². The predicted molar refractivity (Wildman–Crippen MR) is 79.3 cm³/mol. The molecule has 0 aromatic heterocycles. The Morgan fingerprint density at radius 1 is 1.35 bits per heavy atom. The normalized spacial score (nSPS) is 15.2. The van der Waals surface area contributed by atoms with Crippen molar-refractivity contribution in [3.63, 3.8) is 0 Å². The first-order valence-corrected chi connectivity index (χ1v) is 6.92. The average Bonchev–Trinajstić information content (AvgIpc) is 3.28. The van der Waals surface area contributed by atoms with Crippen molar-refractivity contribution in [2.45, 2.75) is 19.8 Å². The van der Waals surface area contributed by atoms with Crippen molar-refractivity contribution < 1.29 is 9.59 Å². The zero-order chi connectivity index (χ0) is 14.6. The van der Waals surface area contributed by atoms with Gasteiger partial charge in [-0.2, -0.15) is 0 Å².